The van der Waals surface area contributed by atoms with E-state index in [4.69, 9.17) is 0 Å². The summed E-state index contributed by atoms with van der Waals surface area (Å²) in [5.74, 6) is 0. The van der Waals surface area contributed by atoms with Crippen molar-refractivity contribution in [3.8, 4) is 11.3 Å². The molecule has 0 aliphatic rings. The smallest absolute Gasteiger partial charge is 0.260 e. The van der Waals surface area contributed by atoms with E-state index < -0.39 is 0 Å². The number of hydrogen-bond acceptors (Lipinski definition) is 2. The van der Waals surface area contributed by atoms with E-state index in [9.17, 15) is 4.79 Å². The summed E-state index contributed by atoms with van der Waals surface area (Å²) in [6.45, 7) is 0. The Bertz CT molecular complexity index is 745. The largest absolute Gasteiger partial charge is 0.359 e. The summed E-state index contributed by atoms with van der Waals surface area (Å²) < 4.78 is 0.989. The monoisotopic (exact) mass is 289 g/mol. The third kappa shape index (κ3) is 1.68. The van der Waals surface area contributed by atoms with Crippen LogP contribution in [-0.4, -0.2) is 15.0 Å². The lowest BCUT2D eigenvalue weighted by atomic mass is 10.1. The number of H-pyrrole nitrogens is 2. The van der Waals surface area contributed by atoms with Crippen LogP contribution in [0, 0.1) is 0 Å². The second kappa shape index (κ2) is 3.85. The number of nitrogens with zero attached hydrogens (tertiary/aromatic N) is 1. The number of fused-ring (bicyclic) bond motifs is 1. The SMILES string of the molecule is O=c1[nH]cnc2c(-c3cccc(Br)c3)[nH]cc12. The fraction of sp³-hybridized carbons (Fsp3) is 0. The molecule has 0 unspecified atom stereocenters. The molecule has 0 bridgehead atoms. The Balaban J connectivity index is 2.32. The van der Waals surface area contributed by atoms with E-state index in [2.05, 4.69) is 30.9 Å². The number of halogens is 1. The molecule has 3 rings (SSSR count). The molecule has 17 heavy (non-hydrogen) atoms. The number of hydrogen-bond donors (Lipinski definition) is 2. The zero-order valence-corrected chi connectivity index (χ0v) is 10.3. The van der Waals surface area contributed by atoms with Crippen LogP contribution in [0.3, 0.4) is 0 Å². The summed E-state index contributed by atoms with van der Waals surface area (Å²) in [6.07, 6.45) is 3.09. The highest BCUT2D eigenvalue weighted by Gasteiger charge is 2.09. The molecule has 0 aliphatic heterocycles. The van der Waals surface area contributed by atoms with Gasteiger partial charge in [-0.25, -0.2) is 4.98 Å². The first-order valence-corrected chi connectivity index (χ1v) is 5.86. The maximum Gasteiger partial charge on any atom is 0.260 e. The molecule has 0 saturated heterocycles. The predicted octanol–water partition coefficient (Wildman–Crippen LogP) is 2.68. The Hall–Kier alpha value is -1.88. The average molecular weight is 290 g/mol. The van der Waals surface area contributed by atoms with E-state index in [-0.39, 0.29) is 5.56 Å². The molecule has 0 fully saturated rings. The molecule has 1 aromatic carbocycles. The van der Waals surface area contributed by atoms with Crippen molar-refractivity contribution in [3.05, 3.63) is 51.6 Å². The van der Waals surface area contributed by atoms with Crippen LogP contribution >= 0.6 is 15.9 Å². The van der Waals surface area contributed by atoms with Crippen molar-refractivity contribution < 1.29 is 0 Å². The number of nitrogens with one attached hydrogen (secondary N) is 2. The van der Waals surface area contributed by atoms with Gasteiger partial charge >= 0.3 is 0 Å². The molecule has 0 aliphatic carbocycles. The summed E-state index contributed by atoms with van der Waals surface area (Å²) in [6, 6.07) is 7.85. The number of rotatable bonds is 1. The Kier molecular flexibility index (Phi) is 2.33. The highest BCUT2D eigenvalue weighted by molar-refractivity contribution is 9.10. The van der Waals surface area contributed by atoms with Crippen molar-refractivity contribution in [3.63, 3.8) is 0 Å². The molecule has 0 atom stereocenters. The average Bonchev–Trinajstić information content (AvgIpc) is 2.74. The summed E-state index contributed by atoms with van der Waals surface area (Å²) in [4.78, 5) is 21.4. The fourth-order valence-electron chi connectivity index (χ4n) is 1.82. The first kappa shape index (κ1) is 10.3. The molecule has 5 heteroatoms. The normalized spacial score (nSPS) is 10.9. The van der Waals surface area contributed by atoms with Crippen LogP contribution in [0.1, 0.15) is 0 Å². The van der Waals surface area contributed by atoms with Crippen molar-refractivity contribution in [1.29, 1.82) is 0 Å². The molecule has 2 heterocycles. The minimum absolute atomic E-state index is 0.132. The van der Waals surface area contributed by atoms with Crippen LogP contribution in [0.5, 0.6) is 0 Å². The standard InChI is InChI=1S/C12H8BrN3O/c13-8-3-1-2-7(4-8)10-11-9(5-14-10)12(17)16-6-15-11/h1-6,14H,(H,15,16,17). The molecule has 84 valence electrons. The van der Waals surface area contributed by atoms with Crippen molar-refractivity contribution >= 4 is 26.8 Å². The zero-order chi connectivity index (χ0) is 11.8. The van der Waals surface area contributed by atoms with Crippen molar-refractivity contribution in [2.75, 3.05) is 0 Å². The lowest BCUT2D eigenvalue weighted by Gasteiger charge is -1.99. The molecular weight excluding hydrogens is 282 g/mol. The quantitative estimate of drug-likeness (QED) is 0.723. The maximum atomic E-state index is 11.6. The fourth-order valence-corrected chi connectivity index (χ4v) is 2.22. The second-order valence-corrected chi connectivity index (χ2v) is 4.58. The van der Waals surface area contributed by atoms with Gasteiger partial charge in [-0.05, 0) is 12.1 Å². The van der Waals surface area contributed by atoms with Gasteiger partial charge in [0, 0.05) is 16.2 Å². The predicted molar refractivity (Wildman–Crippen MR) is 69.9 cm³/mol. The van der Waals surface area contributed by atoms with Crippen molar-refractivity contribution in [1.82, 2.24) is 15.0 Å². The van der Waals surface area contributed by atoms with Gasteiger partial charge in [-0.15, -0.1) is 0 Å². The zero-order valence-electron chi connectivity index (χ0n) is 8.70. The summed E-state index contributed by atoms with van der Waals surface area (Å²) >= 11 is 3.42. The molecule has 0 saturated carbocycles. The third-order valence-electron chi connectivity index (χ3n) is 2.60. The summed E-state index contributed by atoms with van der Waals surface area (Å²) in [7, 11) is 0. The summed E-state index contributed by atoms with van der Waals surface area (Å²) in [5, 5.41) is 0.572. The molecule has 0 radical (unpaired) electrons. The molecule has 0 spiro atoms. The number of benzene rings is 1. The van der Waals surface area contributed by atoms with Gasteiger partial charge in [0.2, 0.25) is 0 Å². The summed E-state index contributed by atoms with van der Waals surface area (Å²) in [5.41, 5.74) is 2.40. The van der Waals surface area contributed by atoms with Gasteiger partial charge in [0.15, 0.2) is 0 Å². The Morgan fingerprint density at radius 2 is 2.12 bits per heavy atom. The lowest BCUT2D eigenvalue weighted by Crippen LogP contribution is -2.04. The Labute approximate surface area is 105 Å². The van der Waals surface area contributed by atoms with Gasteiger partial charge in [0.05, 0.1) is 17.4 Å². The van der Waals surface area contributed by atoms with Crippen LogP contribution < -0.4 is 5.56 Å². The van der Waals surface area contributed by atoms with Crippen LogP contribution in [0.2, 0.25) is 0 Å². The molecule has 2 aromatic heterocycles. The van der Waals surface area contributed by atoms with E-state index >= 15 is 0 Å². The molecule has 0 amide bonds. The van der Waals surface area contributed by atoms with Crippen LogP contribution in [0.25, 0.3) is 22.2 Å². The molecule has 2 N–H and O–H groups in total. The minimum atomic E-state index is -0.132. The van der Waals surface area contributed by atoms with E-state index in [1.165, 1.54) is 6.33 Å². The third-order valence-corrected chi connectivity index (χ3v) is 3.09. The van der Waals surface area contributed by atoms with Crippen LogP contribution in [0.15, 0.2) is 46.1 Å². The van der Waals surface area contributed by atoms with E-state index in [1.54, 1.807) is 6.20 Å². The van der Waals surface area contributed by atoms with Crippen LogP contribution in [0.4, 0.5) is 0 Å². The van der Waals surface area contributed by atoms with Gasteiger partial charge < -0.3 is 9.97 Å². The van der Waals surface area contributed by atoms with Gasteiger partial charge in [0.25, 0.3) is 5.56 Å². The van der Waals surface area contributed by atoms with E-state index in [0.29, 0.717) is 10.9 Å². The Morgan fingerprint density at radius 3 is 2.94 bits per heavy atom. The first-order chi connectivity index (χ1) is 8.25. The van der Waals surface area contributed by atoms with Gasteiger partial charge in [-0.1, -0.05) is 28.1 Å². The second-order valence-electron chi connectivity index (χ2n) is 3.67. The van der Waals surface area contributed by atoms with Gasteiger partial charge in [-0.3, -0.25) is 4.79 Å². The molecule has 3 aromatic rings. The van der Waals surface area contributed by atoms with Crippen molar-refractivity contribution in [2.45, 2.75) is 0 Å². The molecule has 4 nitrogen and oxygen atoms in total. The molecular formula is C12H8BrN3O. The topological polar surface area (TPSA) is 61.5 Å². The van der Waals surface area contributed by atoms with Gasteiger partial charge in [0.1, 0.15) is 5.52 Å². The number of aromatic nitrogens is 3. The van der Waals surface area contributed by atoms with E-state index in [0.717, 1.165) is 15.7 Å². The van der Waals surface area contributed by atoms with Crippen molar-refractivity contribution in [2.24, 2.45) is 0 Å². The lowest BCUT2D eigenvalue weighted by molar-refractivity contribution is 1.18. The number of aromatic amines is 2. The minimum Gasteiger partial charge on any atom is -0.359 e. The first-order valence-electron chi connectivity index (χ1n) is 5.06. The van der Waals surface area contributed by atoms with Crippen LogP contribution in [-0.2, 0) is 0 Å². The van der Waals surface area contributed by atoms with E-state index in [1.807, 2.05) is 24.3 Å². The maximum absolute atomic E-state index is 11.6. The highest BCUT2D eigenvalue weighted by Crippen LogP contribution is 2.26. The Morgan fingerprint density at radius 1 is 1.24 bits per heavy atom. The highest BCUT2D eigenvalue weighted by atomic mass is 79.9. The van der Waals surface area contributed by atoms with Gasteiger partial charge in [-0.2, -0.15) is 0 Å².